The highest BCUT2D eigenvalue weighted by atomic mass is 16.3. The maximum absolute atomic E-state index is 12.2. The van der Waals surface area contributed by atoms with Gasteiger partial charge in [0.2, 0.25) is 0 Å². The number of para-hydroxylation sites is 1. The SMILES string of the molecule is O=C1Nc2ccccc2[C@H](O)[C@@H]1N=Nc1ccc(N=Nc2ccccc2)cc1. The Labute approximate surface area is 161 Å². The lowest BCUT2D eigenvalue weighted by molar-refractivity contribution is -0.120. The molecule has 1 amide bonds. The molecule has 1 heterocycles. The average Bonchev–Trinajstić information content (AvgIpc) is 2.74. The van der Waals surface area contributed by atoms with Gasteiger partial charge in [-0.15, -0.1) is 0 Å². The Kier molecular flexibility index (Phi) is 4.99. The van der Waals surface area contributed by atoms with Crippen LogP contribution in [-0.4, -0.2) is 17.1 Å². The molecule has 0 unspecified atom stereocenters. The third-order valence-electron chi connectivity index (χ3n) is 4.29. The van der Waals surface area contributed by atoms with E-state index in [4.69, 9.17) is 0 Å². The molecule has 3 aromatic rings. The van der Waals surface area contributed by atoms with Gasteiger partial charge in [-0.2, -0.15) is 20.5 Å². The number of azo groups is 2. The number of amides is 1. The van der Waals surface area contributed by atoms with Crippen LogP contribution in [0.2, 0.25) is 0 Å². The number of fused-ring (bicyclic) bond motifs is 1. The molecule has 138 valence electrons. The van der Waals surface area contributed by atoms with E-state index in [1.54, 1.807) is 48.5 Å². The predicted octanol–water partition coefficient (Wildman–Crippen LogP) is 5.24. The van der Waals surface area contributed by atoms with Crippen molar-refractivity contribution in [3.63, 3.8) is 0 Å². The van der Waals surface area contributed by atoms with E-state index in [0.717, 1.165) is 5.69 Å². The number of benzene rings is 3. The molecule has 1 aliphatic heterocycles. The fraction of sp³-hybridized carbons (Fsp3) is 0.0952. The van der Waals surface area contributed by atoms with E-state index in [0.29, 0.717) is 22.6 Å². The fourth-order valence-corrected chi connectivity index (χ4v) is 2.83. The van der Waals surface area contributed by atoms with E-state index in [1.807, 2.05) is 30.3 Å². The molecule has 3 aromatic carbocycles. The van der Waals surface area contributed by atoms with Gasteiger partial charge in [-0.3, -0.25) is 4.79 Å². The summed E-state index contributed by atoms with van der Waals surface area (Å²) < 4.78 is 0. The van der Waals surface area contributed by atoms with Crippen LogP contribution in [-0.2, 0) is 4.79 Å². The Bertz CT molecular complexity index is 1030. The first-order valence-electron chi connectivity index (χ1n) is 8.76. The highest BCUT2D eigenvalue weighted by Crippen LogP contribution is 2.32. The van der Waals surface area contributed by atoms with Gasteiger partial charge in [0.1, 0.15) is 6.10 Å². The molecule has 0 saturated carbocycles. The van der Waals surface area contributed by atoms with E-state index in [9.17, 15) is 9.90 Å². The molecule has 7 heteroatoms. The first-order valence-corrected chi connectivity index (χ1v) is 8.76. The largest absolute Gasteiger partial charge is 0.385 e. The molecule has 0 spiro atoms. The molecular formula is C21H17N5O2. The number of carbonyl (C=O) groups excluding carboxylic acids is 1. The van der Waals surface area contributed by atoms with Crippen LogP contribution in [0.4, 0.5) is 22.7 Å². The van der Waals surface area contributed by atoms with Gasteiger partial charge >= 0.3 is 0 Å². The van der Waals surface area contributed by atoms with Crippen molar-refractivity contribution in [2.24, 2.45) is 20.5 Å². The zero-order valence-electron chi connectivity index (χ0n) is 14.8. The van der Waals surface area contributed by atoms with Crippen LogP contribution < -0.4 is 5.32 Å². The molecule has 7 nitrogen and oxygen atoms in total. The minimum absolute atomic E-state index is 0.386. The quantitative estimate of drug-likeness (QED) is 0.613. The summed E-state index contributed by atoms with van der Waals surface area (Å²) in [5, 5.41) is 29.6. The Hall–Kier alpha value is -3.71. The molecule has 2 N–H and O–H groups in total. The van der Waals surface area contributed by atoms with Gasteiger partial charge in [0.15, 0.2) is 6.04 Å². The van der Waals surface area contributed by atoms with E-state index >= 15 is 0 Å². The second kappa shape index (κ2) is 7.89. The molecule has 0 bridgehead atoms. The second-order valence-corrected chi connectivity index (χ2v) is 6.23. The molecule has 0 fully saturated rings. The Morgan fingerprint density at radius 1 is 0.714 bits per heavy atom. The minimum atomic E-state index is -1.03. The maximum atomic E-state index is 12.2. The average molecular weight is 371 g/mol. The van der Waals surface area contributed by atoms with Crippen LogP contribution in [0.1, 0.15) is 11.7 Å². The fourth-order valence-electron chi connectivity index (χ4n) is 2.83. The van der Waals surface area contributed by atoms with Gasteiger partial charge in [-0.25, -0.2) is 0 Å². The summed E-state index contributed by atoms with van der Waals surface area (Å²) in [6.07, 6.45) is -1.03. The smallest absolute Gasteiger partial charge is 0.254 e. The van der Waals surface area contributed by atoms with Crippen molar-refractivity contribution in [2.75, 3.05) is 5.32 Å². The number of aliphatic hydroxyl groups is 1. The van der Waals surface area contributed by atoms with Gasteiger partial charge in [0.05, 0.1) is 17.1 Å². The lowest BCUT2D eigenvalue weighted by atomic mass is 9.96. The predicted molar refractivity (Wildman–Crippen MR) is 105 cm³/mol. The van der Waals surface area contributed by atoms with Gasteiger partial charge in [-0.1, -0.05) is 36.4 Å². The molecule has 0 radical (unpaired) electrons. The lowest BCUT2D eigenvalue weighted by Crippen LogP contribution is -2.36. The normalized spacial score (nSPS) is 19.0. The summed E-state index contributed by atoms with van der Waals surface area (Å²) >= 11 is 0. The van der Waals surface area contributed by atoms with E-state index < -0.39 is 12.1 Å². The summed E-state index contributed by atoms with van der Waals surface area (Å²) in [4.78, 5) is 12.2. The third-order valence-corrected chi connectivity index (χ3v) is 4.29. The summed E-state index contributed by atoms with van der Waals surface area (Å²) in [7, 11) is 0. The van der Waals surface area contributed by atoms with Crippen molar-refractivity contribution in [3.8, 4) is 0 Å². The van der Waals surface area contributed by atoms with Crippen molar-refractivity contribution in [1.82, 2.24) is 0 Å². The molecule has 0 aliphatic carbocycles. The number of anilines is 1. The van der Waals surface area contributed by atoms with Crippen molar-refractivity contribution in [1.29, 1.82) is 0 Å². The monoisotopic (exact) mass is 371 g/mol. The maximum Gasteiger partial charge on any atom is 0.254 e. The number of hydrogen-bond donors (Lipinski definition) is 2. The van der Waals surface area contributed by atoms with Gasteiger partial charge in [0.25, 0.3) is 5.91 Å². The van der Waals surface area contributed by atoms with Crippen LogP contribution in [0.25, 0.3) is 0 Å². The van der Waals surface area contributed by atoms with E-state index in [1.165, 1.54) is 0 Å². The van der Waals surface area contributed by atoms with E-state index in [2.05, 4.69) is 25.8 Å². The number of rotatable bonds is 4. The summed E-state index contributed by atoms with van der Waals surface area (Å²) in [6, 6.07) is 22.5. The molecule has 28 heavy (non-hydrogen) atoms. The standard InChI is InChI=1S/C21H17N5O2/c27-20-17-8-4-5-9-18(17)22-21(28)19(20)26-25-16-12-10-15(11-13-16)24-23-14-6-2-1-3-7-14/h1-13,19-20,27H,(H,22,28)/t19-,20-/m0/s1. The summed E-state index contributed by atoms with van der Waals surface area (Å²) in [5.74, 6) is -0.386. The van der Waals surface area contributed by atoms with Crippen molar-refractivity contribution in [2.45, 2.75) is 12.1 Å². The Morgan fingerprint density at radius 3 is 2.00 bits per heavy atom. The minimum Gasteiger partial charge on any atom is -0.385 e. The van der Waals surface area contributed by atoms with Gasteiger partial charge < -0.3 is 10.4 Å². The zero-order chi connectivity index (χ0) is 19.3. The number of aliphatic hydroxyl groups excluding tert-OH is 1. The molecule has 2 atom stereocenters. The lowest BCUT2D eigenvalue weighted by Gasteiger charge is -2.26. The molecular weight excluding hydrogens is 354 g/mol. The van der Waals surface area contributed by atoms with Crippen LogP contribution in [0.3, 0.4) is 0 Å². The van der Waals surface area contributed by atoms with Crippen molar-refractivity contribution >= 4 is 28.7 Å². The first-order chi connectivity index (χ1) is 13.7. The van der Waals surface area contributed by atoms with Crippen molar-refractivity contribution in [3.05, 3.63) is 84.4 Å². The highest BCUT2D eigenvalue weighted by Gasteiger charge is 2.34. The molecule has 0 saturated heterocycles. The van der Waals surface area contributed by atoms with Crippen LogP contribution >= 0.6 is 0 Å². The van der Waals surface area contributed by atoms with E-state index in [-0.39, 0.29) is 5.91 Å². The number of hydrogen-bond acceptors (Lipinski definition) is 6. The van der Waals surface area contributed by atoms with Crippen molar-refractivity contribution < 1.29 is 9.90 Å². The zero-order valence-corrected chi connectivity index (χ0v) is 14.8. The summed E-state index contributed by atoms with van der Waals surface area (Å²) in [5.41, 5.74) is 3.22. The summed E-state index contributed by atoms with van der Waals surface area (Å²) in [6.45, 7) is 0. The van der Waals surface area contributed by atoms with Crippen LogP contribution in [0, 0.1) is 0 Å². The van der Waals surface area contributed by atoms with Crippen LogP contribution in [0.15, 0.2) is 99.3 Å². The topological polar surface area (TPSA) is 98.8 Å². The van der Waals surface area contributed by atoms with Crippen LogP contribution in [0.5, 0.6) is 0 Å². The van der Waals surface area contributed by atoms with Gasteiger partial charge in [-0.05, 0) is 42.5 Å². The number of nitrogens with one attached hydrogen (secondary N) is 1. The number of carbonyl (C=O) groups is 1. The molecule has 4 rings (SSSR count). The number of nitrogens with zero attached hydrogens (tertiary/aromatic N) is 4. The molecule has 1 aliphatic rings. The second-order valence-electron chi connectivity index (χ2n) is 6.23. The van der Waals surface area contributed by atoms with Gasteiger partial charge in [0, 0.05) is 11.3 Å². The molecule has 0 aromatic heterocycles. The highest BCUT2D eigenvalue weighted by molar-refractivity contribution is 5.98. The first kappa shape index (κ1) is 17.7. The third kappa shape index (κ3) is 3.84. The Balaban J connectivity index is 1.46. The Morgan fingerprint density at radius 2 is 1.29 bits per heavy atom.